The SMILES string of the molecule is C=CCn1c(CN)nnc1SC[C@@H]1Cc2c(C)nc(C)nc2O1. The zero-order chi connectivity index (χ0) is 16.4. The first-order valence-corrected chi connectivity index (χ1v) is 8.47. The Morgan fingerprint density at radius 1 is 1.39 bits per heavy atom. The van der Waals surface area contributed by atoms with Gasteiger partial charge >= 0.3 is 0 Å². The molecule has 0 unspecified atom stereocenters. The summed E-state index contributed by atoms with van der Waals surface area (Å²) in [6.07, 6.45) is 2.71. The molecule has 0 saturated carbocycles. The third kappa shape index (κ3) is 3.23. The van der Waals surface area contributed by atoms with Crippen LogP contribution in [0.2, 0.25) is 0 Å². The minimum absolute atomic E-state index is 0.0695. The van der Waals surface area contributed by atoms with Crippen molar-refractivity contribution in [2.75, 3.05) is 5.75 Å². The molecule has 0 bridgehead atoms. The van der Waals surface area contributed by atoms with Crippen LogP contribution in [0.5, 0.6) is 5.88 Å². The van der Waals surface area contributed by atoms with Crippen LogP contribution in [0.25, 0.3) is 0 Å². The molecule has 0 radical (unpaired) electrons. The average Bonchev–Trinajstić information content (AvgIpc) is 3.09. The van der Waals surface area contributed by atoms with E-state index >= 15 is 0 Å². The minimum atomic E-state index is 0.0695. The molecule has 0 aromatic carbocycles. The summed E-state index contributed by atoms with van der Waals surface area (Å²) in [5, 5.41) is 9.17. The number of ether oxygens (including phenoxy) is 1. The zero-order valence-electron chi connectivity index (χ0n) is 13.3. The molecule has 1 aliphatic heterocycles. The Hall–Kier alpha value is -1.93. The van der Waals surface area contributed by atoms with E-state index in [0.29, 0.717) is 13.1 Å². The van der Waals surface area contributed by atoms with Crippen molar-refractivity contribution in [3.05, 3.63) is 35.6 Å². The van der Waals surface area contributed by atoms with Gasteiger partial charge in [0.1, 0.15) is 17.8 Å². The maximum Gasteiger partial charge on any atom is 0.220 e. The summed E-state index contributed by atoms with van der Waals surface area (Å²) in [6, 6.07) is 0. The highest BCUT2D eigenvalue weighted by atomic mass is 32.2. The van der Waals surface area contributed by atoms with Crippen LogP contribution in [0.15, 0.2) is 17.8 Å². The van der Waals surface area contributed by atoms with Crippen LogP contribution in [0.3, 0.4) is 0 Å². The lowest BCUT2D eigenvalue weighted by Gasteiger charge is -2.10. The second-order valence-electron chi connectivity index (χ2n) is 5.40. The number of thioether (sulfide) groups is 1. The normalized spacial score (nSPS) is 16.2. The largest absolute Gasteiger partial charge is 0.473 e. The highest BCUT2D eigenvalue weighted by Gasteiger charge is 2.27. The molecule has 8 heteroatoms. The van der Waals surface area contributed by atoms with E-state index in [9.17, 15) is 0 Å². The molecule has 7 nitrogen and oxygen atoms in total. The van der Waals surface area contributed by atoms with E-state index in [1.807, 2.05) is 24.5 Å². The molecule has 0 amide bonds. The van der Waals surface area contributed by atoms with Crippen molar-refractivity contribution >= 4 is 11.8 Å². The van der Waals surface area contributed by atoms with Crippen LogP contribution in [-0.2, 0) is 19.5 Å². The van der Waals surface area contributed by atoms with Gasteiger partial charge in [-0.05, 0) is 13.8 Å². The Bertz CT molecular complexity index is 729. The monoisotopic (exact) mass is 332 g/mol. The van der Waals surface area contributed by atoms with Crippen molar-refractivity contribution in [1.29, 1.82) is 0 Å². The Labute approximate surface area is 139 Å². The maximum absolute atomic E-state index is 5.95. The lowest BCUT2D eigenvalue weighted by molar-refractivity contribution is 0.250. The predicted molar refractivity (Wildman–Crippen MR) is 88.5 cm³/mol. The molecule has 2 aromatic heterocycles. The van der Waals surface area contributed by atoms with E-state index in [1.54, 1.807) is 11.8 Å². The quantitative estimate of drug-likeness (QED) is 0.632. The molecular weight excluding hydrogens is 312 g/mol. The van der Waals surface area contributed by atoms with Crippen molar-refractivity contribution in [3.63, 3.8) is 0 Å². The molecular formula is C15H20N6OS. The summed E-state index contributed by atoms with van der Waals surface area (Å²) in [5.41, 5.74) is 7.80. The molecule has 1 atom stereocenters. The Morgan fingerprint density at radius 3 is 2.96 bits per heavy atom. The molecule has 2 aromatic rings. The highest BCUT2D eigenvalue weighted by Crippen LogP contribution is 2.31. The van der Waals surface area contributed by atoms with Gasteiger partial charge in [0, 0.05) is 30.0 Å². The molecule has 122 valence electrons. The fraction of sp³-hybridized carbons (Fsp3) is 0.467. The lowest BCUT2D eigenvalue weighted by Crippen LogP contribution is -2.17. The number of aromatic nitrogens is 5. The van der Waals surface area contributed by atoms with Crippen LogP contribution < -0.4 is 10.5 Å². The van der Waals surface area contributed by atoms with Crippen LogP contribution >= 0.6 is 11.8 Å². The first kappa shape index (κ1) is 15.9. The summed E-state index contributed by atoms with van der Waals surface area (Å²) in [7, 11) is 0. The van der Waals surface area contributed by atoms with E-state index < -0.39 is 0 Å². The van der Waals surface area contributed by atoms with E-state index in [-0.39, 0.29) is 6.10 Å². The summed E-state index contributed by atoms with van der Waals surface area (Å²) in [6.45, 7) is 8.66. The number of fused-ring (bicyclic) bond motifs is 1. The van der Waals surface area contributed by atoms with Gasteiger partial charge in [-0.15, -0.1) is 16.8 Å². The van der Waals surface area contributed by atoms with E-state index in [0.717, 1.165) is 46.1 Å². The number of nitrogens with zero attached hydrogens (tertiary/aromatic N) is 5. The second kappa shape index (κ2) is 6.67. The molecule has 0 fully saturated rings. The molecule has 23 heavy (non-hydrogen) atoms. The van der Waals surface area contributed by atoms with Gasteiger partial charge < -0.3 is 15.0 Å². The topological polar surface area (TPSA) is 91.7 Å². The highest BCUT2D eigenvalue weighted by molar-refractivity contribution is 7.99. The Kier molecular flexibility index (Phi) is 4.63. The van der Waals surface area contributed by atoms with Gasteiger partial charge in [0.25, 0.3) is 0 Å². The number of nitrogens with two attached hydrogens (primary N) is 1. The third-order valence-corrected chi connectivity index (χ3v) is 4.78. The van der Waals surface area contributed by atoms with Crippen LogP contribution in [-0.4, -0.2) is 36.6 Å². The Morgan fingerprint density at radius 2 is 2.22 bits per heavy atom. The fourth-order valence-corrected chi connectivity index (χ4v) is 3.57. The first-order chi connectivity index (χ1) is 11.1. The van der Waals surface area contributed by atoms with Crippen molar-refractivity contribution in [3.8, 4) is 5.88 Å². The minimum Gasteiger partial charge on any atom is -0.473 e. The average molecular weight is 332 g/mol. The van der Waals surface area contributed by atoms with Gasteiger partial charge in [0.15, 0.2) is 5.16 Å². The van der Waals surface area contributed by atoms with Gasteiger partial charge in [-0.25, -0.2) is 4.98 Å². The molecule has 0 saturated heterocycles. The van der Waals surface area contributed by atoms with Gasteiger partial charge in [-0.1, -0.05) is 17.8 Å². The van der Waals surface area contributed by atoms with Crippen molar-refractivity contribution in [2.45, 2.75) is 44.6 Å². The lowest BCUT2D eigenvalue weighted by atomic mass is 10.1. The molecule has 2 N–H and O–H groups in total. The maximum atomic E-state index is 5.95. The molecule has 0 aliphatic carbocycles. The number of hydrogen-bond donors (Lipinski definition) is 1. The van der Waals surface area contributed by atoms with Gasteiger partial charge in [-0.2, -0.15) is 4.98 Å². The summed E-state index contributed by atoms with van der Waals surface area (Å²) >= 11 is 1.61. The second-order valence-corrected chi connectivity index (χ2v) is 6.38. The Balaban J connectivity index is 1.68. The van der Waals surface area contributed by atoms with E-state index in [4.69, 9.17) is 10.5 Å². The standard InChI is InChI=1S/C15H20N6OS/c1-4-5-21-13(7-16)19-20-15(21)23-8-11-6-12-9(2)17-10(3)18-14(12)22-11/h4,11H,1,5-8,16H2,2-3H3/t11-/m0/s1. The van der Waals surface area contributed by atoms with Crippen LogP contribution in [0, 0.1) is 13.8 Å². The van der Waals surface area contributed by atoms with Crippen LogP contribution in [0.4, 0.5) is 0 Å². The molecule has 3 rings (SSSR count). The summed E-state index contributed by atoms with van der Waals surface area (Å²) in [4.78, 5) is 8.78. The predicted octanol–water partition coefficient (Wildman–Crippen LogP) is 1.43. The fourth-order valence-electron chi connectivity index (χ4n) is 2.61. The van der Waals surface area contributed by atoms with E-state index in [2.05, 4.69) is 26.7 Å². The van der Waals surface area contributed by atoms with Crippen LogP contribution in [0.1, 0.15) is 22.9 Å². The third-order valence-electron chi connectivity index (χ3n) is 3.68. The first-order valence-electron chi connectivity index (χ1n) is 7.49. The summed E-state index contributed by atoms with van der Waals surface area (Å²) < 4.78 is 7.93. The van der Waals surface area contributed by atoms with E-state index in [1.165, 1.54) is 0 Å². The van der Waals surface area contributed by atoms with Gasteiger partial charge in [0.05, 0.1) is 6.54 Å². The molecule has 3 heterocycles. The van der Waals surface area contributed by atoms with Gasteiger partial charge in [0.2, 0.25) is 5.88 Å². The summed E-state index contributed by atoms with van der Waals surface area (Å²) in [5.74, 6) is 3.00. The van der Waals surface area contributed by atoms with Crippen molar-refractivity contribution in [1.82, 2.24) is 24.7 Å². The zero-order valence-corrected chi connectivity index (χ0v) is 14.1. The number of aryl methyl sites for hydroxylation is 2. The number of rotatable bonds is 6. The molecule has 0 spiro atoms. The molecule has 1 aliphatic rings. The van der Waals surface area contributed by atoms with Gasteiger partial charge in [-0.3, -0.25) is 0 Å². The van der Waals surface area contributed by atoms with Crippen molar-refractivity contribution in [2.24, 2.45) is 5.73 Å². The van der Waals surface area contributed by atoms with Crippen molar-refractivity contribution < 1.29 is 4.74 Å². The smallest absolute Gasteiger partial charge is 0.220 e. The number of allylic oxidation sites excluding steroid dienone is 1. The number of hydrogen-bond acceptors (Lipinski definition) is 7.